The molecule has 0 bridgehead atoms. The molecule has 5 rings (SSSR count). The minimum atomic E-state index is -3.89. The van der Waals surface area contributed by atoms with Crippen LogP contribution in [0.15, 0.2) is 23.1 Å². The summed E-state index contributed by atoms with van der Waals surface area (Å²) in [5.41, 5.74) is 0.275. The fraction of sp³-hybridized carbons (Fsp3) is 0.375. The van der Waals surface area contributed by atoms with Crippen molar-refractivity contribution in [3.05, 3.63) is 34.3 Å². The summed E-state index contributed by atoms with van der Waals surface area (Å²) in [5, 5.41) is 3.50. The molecule has 0 saturated heterocycles. The molecule has 3 aliphatic rings. The highest BCUT2D eigenvalue weighted by molar-refractivity contribution is 7.90. The Labute approximate surface area is 153 Å². The highest BCUT2D eigenvalue weighted by Crippen LogP contribution is 2.41. The number of carbonyl (C=O) groups excluding carboxylic acids is 2. The van der Waals surface area contributed by atoms with Gasteiger partial charge in [-0.3, -0.25) is 14.9 Å². The van der Waals surface area contributed by atoms with Crippen LogP contribution < -0.4 is 5.32 Å². The second-order valence-electron chi connectivity index (χ2n) is 6.73. The van der Waals surface area contributed by atoms with E-state index in [1.54, 1.807) is 0 Å². The number of sulfonamides is 1. The summed E-state index contributed by atoms with van der Waals surface area (Å²) >= 11 is 1.26. The van der Waals surface area contributed by atoms with Crippen LogP contribution in [0, 0.1) is 0 Å². The fourth-order valence-electron chi connectivity index (χ4n) is 3.01. The number of aromatic nitrogens is 2. The molecule has 1 aromatic carbocycles. The van der Waals surface area contributed by atoms with Crippen LogP contribution in [-0.2, 0) is 10.0 Å². The number of amides is 2. The Kier molecular flexibility index (Phi) is 3.26. The predicted molar refractivity (Wildman–Crippen MR) is 92.7 cm³/mol. The molecule has 2 heterocycles. The average Bonchev–Trinajstić information content (AvgIpc) is 3.54. The third-order valence-electron chi connectivity index (χ3n) is 4.68. The first-order chi connectivity index (χ1) is 12.4. The van der Waals surface area contributed by atoms with E-state index >= 15 is 0 Å². The molecule has 26 heavy (non-hydrogen) atoms. The molecule has 134 valence electrons. The summed E-state index contributed by atoms with van der Waals surface area (Å²) < 4.78 is 30.4. The first kappa shape index (κ1) is 15.9. The van der Waals surface area contributed by atoms with Crippen molar-refractivity contribution >= 4 is 39.3 Å². The molecule has 0 spiro atoms. The summed E-state index contributed by atoms with van der Waals surface area (Å²) in [4.78, 5) is 29.0. The van der Waals surface area contributed by atoms with Crippen molar-refractivity contribution in [2.75, 3.05) is 5.32 Å². The topological polar surface area (TPSA) is 109 Å². The van der Waals surface area contributed by atoms with Crippen molar-refractivity contribution in [3.63, 3.8) is 0 Å². The van der Waals surface area contributed by atoms with E-state index in [9.17, 15) is 18.0 Å². The van der Waals surface area contributed by atoms with Crippen molar-refractivity contribution in [1.82, 2.24) is 13.7 Å². The van der Waals surface area contributed by atoms with E-state index in [4.69, 9.17) is 0 Å². The Morgan fingerprint density at radius 2 is 2.00 bits per heavy atom. The SMILES string of the molecule is O=C(Nc1nsc(C2CC2)n1)c1ccc2c(c1)S(=O)(=O)N(C1CC1)C2=O. The Bertz CT molecular complexity index is 1050. The van der Waals surface area contributed by atoms with E-state index in [0.29, 0.717) is 18.8 Å². The quantitative estimate of drug-likeness (QED) is 0.855. The van der Waals surface area contributed by atoms with Gasteiger partial charge >= 0.3 is 0 Å². The number of anilines is 1. The van der Waals surface area contributed by atoms with Gasteiger partial charge in [0.1, 0.15) is 9.90 Å². The van der Waals surface area contributed by atoms with E-state index in [2.05, 4.69) is 14.7 Å². The highest BCUT2D eigenvalue weighted by Gasteiger charge is 2.48. The van der Waals surface area contributed by atoms with Crippen LogP contribution in [0.25, 0.3) is 0 Å². The smallest absolute Gasteiger partial charge is 0.269 e. The van der Waals surface area contributed by atoms with Crippen LogP contribution in [0.1, 0.15) is 57.3 Å². The lowest BCUT2D eigenvalue weighted by Gasteiger charge is -2.13. The zero-order valence-electron chi connectivity index (χ0n) is 13.5. The van der Waals surface area contributed by atoms with Crippen molar-refractivity contribution < 1.29 is 18.0 Å². The van der Waals surface area contributed by atoms with Gasteiger partial charge < -0.3 is 0 Å². The third-order valence-corrected chi connectivity index (χ3v) is 7.43. The lowest BCUT2D eigenvalue weighted by Crippen LogP contribution is -2.31. The van der Waals surface area contributed by atoms with Gasteiger partial charge in [-0.05, 0) is 55.4 Å². The van der Waals surface area contributed by atoms with E-state index in [-0.39, 0.29) is 28.0 Å². The summed E-state index contributed by atoms with van der Waals surface area (Å²) in [6.45, 7) is 0. The first-order valence-electron chi connectivity index (χ1n) is 8.33. The molecular formula is C16H14N4O4S2. The van der Waals surface area contributed by atoms with Gasteiger partial charge in [-0.15, -0.1) is 0 Å². The Morgan fingerprint density at radius 3 is 2.69 bits per heavy atom. The van der Waals surface area contributed by atoms with E-state index in [1.165, 1.54) is 29.7 Å². The Hall–Kier alpha value is -2.33. The van der Waals surface area contributed by atoms with Gasteiger partial charge in [0, 0.05) is 17.5 Å². The summed E-state index contributed by atoms with van der Waals surface area (Å²) in [5.74, 6) is -0.339. The maximum absolute atomic E-state index is 12.6. The molecule has 1 aromatic heterocycles. The Morgan fingerprint density at radius 1 is 1.23 bits per heavy atom. The van der Waals surface area contributed by atoms with Crippen LogP contribution in [-0.4, -0.2) is 39.9 Å². The second kappa shape index (κ2) is 5.34. The number of fused-ring (bicyclic) bond motifs is 1. The van der Waals surface area contributed by atoms with Crippen molar-refractivity contribution in [1.29, 1.82) is 0 Å². The molecule has 2 amide bonds. The monoisotopic (exact) mass is 390 g/mol. The fourth-order valence-corrected chi connectivity index (χ4v) is 5.63. The number of nitrogens with one attached hydrogen (secondary N) is 1. The van der Waals surface area contributed by atoms with Crippen LogP contribution in [0.4, 0.5) is 5.95 Å². The zero-order chi connectivity index (χ0) is 18.1. The number of carbonyl (C=O) groups is 2. The number of hydrogen-bond acceptors (Lipinski definition) is 7. The number of hydrogen-bond donors (Lipinski definition) is 1. The molecule has 1 N–H and O–H groups in total. The van der Waals surface area contributed by atoms with Crippen molar-refractivity contribution in [3.8, 4) is 0 Å². The molecule has 1 aliphatic heterocycles. The van der Waals surface area contributed by atoms with Gasteiger partial charge in [0.25, 0.3) is 21.8 Å². The summed E-state index contributed by atoms with van der Waals surface area (Å²) in [6.07, 6.45) is 3.56. The van der Waals surface area contributed by atoms with Crippen molar-refractivity contribution in [2.45, 2.75) is 42.5 Å². The molecule has 0 atom stereocenters. The van der Waals surface area contributed by atoms with E-state index in [0.717, 1.165) is 22.2 Å². The largest absolute Gasteiger partial charge is 0.290 e. The van der Waals surface area contributed by atoms with Crippen LogP contribution in [0.2, 0.25) is 0 Å². The molecule has 10 heteroatoms. The van der Waals surface area contributed by atoms with E-state index in [1.807, 2.05) is 0 Å². The predicted octanol–water partition coefficient (Wildman–Crippen LogP) is 1.97. The average molecular weight is 390 g/mol. The maximum atomic E-state index is 12.6. The zero-order valence-corrected chi connectivity index (χ0v) is 15.1. The minimum absolute atomic E-state index is 0.105. The van der Waals surface area contributed by atoms with Gasteiger partial charge in [0.05, 0.1) is 5.56 Å². The van der Waals surface area contributed by atoms with Crippen LogP contribution in [0.3, 0.4) is 0 Å². The van der Waals surface area contributed by atoms with Gasteiger partial charge in [-0.2, -0.15) is 4.37 Å². The molecule has 0 radical (unpaired) electrons. The van der Waals surface area contributed by atoms with Crippen molar-refractivity contribution in [2.24, 2.45) is 0 Å². The van der Waals surface area contributed by atoms with Crippen LogP contribution >= 0.6 is 11.5 Å². The number of nitrogens with zero attached hydrogens (tertiary/aromatic N) is 3. The molecule has 2 saturated carbocycles. The van der Waals surface area contributed by atoms with Gasteiger partial charge in [0.2, 0.25) is 5.95 Å². The second-order valence-corrected chi connectivity index (χ2v) is 9.30. The maximum Gasteiger partial charge on any atom is 0.269 e. The number of benzene rings is 1. The van der Waals surface area contributed by atoms with Gasteiger partial charge in [-0.25, -0.2) is 17.7 Å². The molecule has 2 aromatic rings. The summed E-state index contributed by atoms with van der Waals surface area (Å²) in [7, 11) is -3.89. The lowest BCUT2D eigenvalue weighted by atomic mass is 10.1. The molecule has 8 nitrogen and oxygen atoms in total. The lowest BCUT2D eigenvalue weighted by molar-refractivity contribution is 0.0864. The van der Waals surface area contributed by atoms with Crippen LogP contribution in [0.5, 0.6) is 0 Å². The molecule has 2 aliphatic carbocycles. The van der Waals surface area contributed by atoms with Gasteiger partial charge in [0.15, 0.2) is 0 Å². The van der Waals surface area contributed by atoms with E-state index < -0.39 is 21.8 Å². The molecule has 0 unspecified atom stereocenters. The molecule has 2 fully saturated rings. The Balaban J connectivity index is 1.43. The standard InChI is InChI=1S/C16H14N4O4S2/c21-13(17-16-18-14(25-19-16)8-1-2-8)9-3-6-11-12(7-9)26(23,24)20(15(11)22)10-4-5-10/h3,6-8,10H,1-2,4-5H2,(H,17,19,21). The number of rotatable bonds is 4. The highest BCUT2D eigenvalue weighted by atomic mass is 32.2. The first-order valence-corrected chi connectivity index (χ1v) is 10.5. The minimum Gasteiger partial charge on any atom is -0.290 e. The summed E-state index contributed by atoms with van der Waals surface area (Å²) in [6, 6.07) is 3.86. The third kappa shape index (κ3) is 2.43. The van der Waals surface area contributed by atoms with Gasteiger partial charge in [-0.1, -0.05) is 0 Å². The molecular weight excluding hydrogens is 376 g/mol. The normalized spacial score (nSPS) is 20.9.